The van der Waals surface area contributed by atoms with E-state index in [2.05, 4.69) is 4.74 Å². The fourth-order valence-corrected chi connectivity index (χ4v) is 1.62. The molecule has 5 nitrogen and oxygen atoms in total. The highest BCUT2D eigenvalue weighted by molar-refractivity contribution is 6.61. The zero-order valence-electron chi connectivity index (χ0n) is 8.85. The van der Waals surface area contributed by atoms with Crippen molar-refractivity contribution in [1.29, 1.82) is 0 Å². The van der Waals surface area contributed by atoms with E-state index in [9.17, 15) is 14.2 Å². The number of hydrogen-bond donors (Lipinski definition) is 2. The van der Waals surface area contributed by atoms with Crippen LogP contribution in [0.3, 0.4) is 0 Å². The summed E-state index contributed by atoms with van der Waals surface area (Å²) in [6.07, 6.45) is 0. The van der Waals surface area contributed by atoms with Gasteiger partial charge in [-0.05, 0) is 23.2 Å². The van der Waals surface area contributed by atoms with Crippen LogP contribution in [0.2, 0.25) is 0 Å². The summed E-state index contributed by atoms with van der Waals surface area (Å²) in [7, 11) is -1.14. The number of carbonyl (C=O) groups excluding carboxylic acids is 1. The van der Waals surface area contributed by atoms with Gasteiger partial charge in [-0.3, -0.25) is 0 Å². The molecule has 0 spiro atoms. The van der Waals surface area contributed by atoms with E-state index in [1.165, 1.54) is 6.07 Å². The first-order valence-electron chi connectivity index (χ1n) is 5.03. The summed E-state index contributed by atoms with van der Waals surface area (Å²) in [4.78, 5) is 11.4. The van der Waals surface area contributed by atoms with E-state index in [0.29, 0.717) is 11.0 Å². The van der Waals surface area contributed by atoms with Crippen LogP contribution in [-0.4, -0.2) is 36.4 Å². The summed E-state index contributed by atoms with van der Waals surface area (Å²) in [5.41, 5.74) is 0.595. The number of ether oxygens (including phenoxy) is 1. The third-order valence-electron chi connectivity index (χ3n) is 2.44. The largest absolute Gasteiger partial charge is 0.491 e. The molecule has 1 aliphatic rings. The van der Waals surface area contributed by atoms with Gasteiger partial charge in [-0.2, -0.15) is 0 Å². The van der Waals surface area contributed by atoms with Crippen molar-refractivity contribution in [3.8, 4) is 0 Å². The molecule has 0 fully saturated rings. The number of rotatable bonds is 3. The van der Waals surface area contributed by atoms with Crippen LogP contribution in [0.25, 0.3) is 0 Å². The van der Waals surface area contributed by atoms with E-state index in [1.54, 1.807) is 0 Å². The Morgan fingerprint density at radius 3 is 3.06 bits per heavy atom. The molecule has 2 rings (SSSR count). The summed E-state index contributed by atoms with van der Waals surface area (Å²) in [5.74, 6) is -1.61. The zero-order chi connectivity index (χ0) is 12.4. The van der Waals surface area contributed by atoms with Crippen molar-refractivity contribution in [2.45, 2.75) is 6.61 Å². The second kappa shape index (κ2) is 4.83. The Kier molecular flexibility index (Phi) is 3.42. The van der Waals surface area contributed by atoms with Crippen molar-refractivity contribution in [1.82, 2.24) is 0 Å². The smallest absolute Gasteiger partial charge is 0.460 e. The van der Waals surface area contributed by atoms with E-state index in [4.69, 9.17) is 9.76 Å². The second-order valence-electron chi connectivity index (χ2n) is 3.55. The second-order valence-corrected chi connectivity index (χ2v) is 3.55. The van der Waals surface area contributed by atoms with Gasteiger partial charge in [0.05, 0.1) is 18.8 Å². The van der Waals surface area contributed by atoms with Gasteiger partial charge in [0.2, 0.25) is 0 Å². The van der Waals surface area contributed by atoms with E-state index in [1.807, 2.05) is 0 Å². The molecule has 1 aliphatic heterocycles. The molecule has 0 saturated carbocycles. The maximum atomic E-state index is 13.5. The molecule has 17 heavy (non-hydrogen) atoms. The van der Waals surface area contributed by atoms with Crippen LogP contribution in [0.5, 0.6) is 0 Å². The van der Waals surface area contributed by atoms with Crippen LogP contribution in [0, 0.1) is 5.82 Å². The minimum absolute atomic E-state index is 0.111. The number of benzene rings is 1. The lowest BCUT2D eigenvalue weighted by molar-refractivity contribution is 0.0428. The summed E-state index contributed by atoms with van der Waals surface area (Å²) in [6.45, 7) is -0.419. The summed E-state index contributed by atoms with van der Waals surface area (Å²) in [6, 6.07) is 2.35. The molecule has 0 bridgehead atoms. The topological polar surface area (TPSA) is 76.0 Å². The Morgan fingerprint density at radius 2 is 2.35 bits per heavy atom. The molecular formula is C10H10BFO5. The van der Waals surface area contributed by atoms with Gasteiger partial charge in [0, 0.05) is 0 Å². The molecule has 0 unspecified atom stereocenters. The molecule has 1 aromatic rings. The third-order valence-corrected chi connectivity index (χ3v) is 2.44. The van der Waals surface area contributed by atoms with Gasteiger partial charge in [-0.25, -0.2) is 9.18 Å². The van der Waals surface area contributed by atoms with Crippen LogP contribution >= 0.6 is 0 Å². The average molecular weight is 240 g/mol. The molecule has 0 radical (unpaired) electrons. The van der Waals surface area contributed by atoms with Crippen LogP contribution in [0.4, 0.5) is 4.39 Å². The van der Waals surface area contributed by atoms with Gasteiger partial charge in [0.1, 0.15) is 12.4 Å². The Morgan fingerprint density at radius 1 is 1.59 bits per heavy atom. The minimum atomic E-state index is -1.14. The fourth-order valence-electron chi connectivity index (χ4n) is 1.62. The van der Waals surface area contributed by atoms with Crippen molar-refractivity contribution in [2.24, 2.45) is 0 Å². The first-order valence-corrected chi connectivity index (χ1v) is 5.03. The normalized spacial score (nSPS) is 13.7. The lowest BCUT2D eigenvalue weighted by Crippen LogP contribution is -2.29. The van der Waals surface area contributed by atoms with Gasteiger partial charge < -0.3 is 19.5 Å². The summed E-state index contributed by atoms with van der Waals surface area (Å²) < 4.78 is 23.0. The summed E-state index contributed by atoms with van der Waals surface area (Å²) >= 11 is 0. The Bertz CT molecular complexity index is 451. The molecule has 0 aliphatic carbocycles. The van der Waals surface area contributed by atoms with Crippen molar-refractivity contribution in [3.05, 3.63) is 29.1 Å². The standard InChI is InChI=1S/C10H10BFO5/c12-9-3-6-5-17-11(15)8(6)4-7(9)10(14)16-2-1-13/h3-4,13,15H,1-2,5H2. The maximum Gasteiger partial charge on any atom is 0.491 e. The van der Waals surface area contributed by atoms with Crippen molar-refractivity contribution in [3.63, 3.8) is 0 Å². The number of halogens is 1. The predicted octanol–water partition coefficient (Wildman–Crippen LogP) is -0.807. The number of aliphatic hydroxyl groups excluding tert-OH is 1. The molecule has 1 heterocycles. The molecule has 90 valence electrons. The highest BCUT2D eigenvalue weighted by Gasteiger charge is 2.30. The minimum Gasteiger partial charge on any atom is -0.460 e. The van der Waals surface area contributed by atoms with Gasteiger partial charge in [-0.1, -0.05) is 0 Å². The number of hydrogen-bond acceptors (Lipinski definition) is 5. The van der Waals surface area contributed by atoms with Gasteiger partial charge in [0.25, 0.3) is 0 Å². The van der Waals surface area contributed by atoms with E-state index in [0.717, 1.165) is 6.07 Å². The Labute approximate surface area is 96.9 Å². The molecule has 1 aromatic carbocycles. The Hall–Kier alpha value is -1.44. The quantitative estimate of drug-likeness (QED) is 0.534. The SMILES string of the molecule is O=C(OCCO)c1cc2c(cc1F)COB2O. The first-order chi connectivity index (χ1) is 8.13. The van der Waals surface area contributed by atoms with E-state index in [-0.39, 0.29) is 25.4 Å². The number of fused-ring (bicyclic) bond motifs is 1. The van der Waals surface area contributed by atoms with Crippen LogP contribution in [0.1, 0.15) is 15.9 Å². The van der Waals surface area contributed by atoms with Gasteiger partial charge in [-0.15, -0.1) is 0 Å². The third kappa shape index (κ3) is 2.31. The fraction of sp³-hybridized carbons (Fsp3) is 0.300. The highest BCUT2D eigenvalue weighted by Crippen LogP contribution is 2.16. The number of aliphatic hydroxyl groups is 1. The lowest BCUT2D eigenvalue weighted by atomic mass is 9.78. The molecule has 2 N–H and O–H groups in total. The highest BCUT2D eigenvalue weighted by atomic mass is 19.1. The molecule has 0 aromatic heterocycles. The van der Waals surface area contributed by atoms with Gasteiger partial charge in [0.15, 0.2) is 0 Å². The van der Waals surface area contributed by atoms with Crippen LogP contribution < -0.4 is 5.46 Å². The predicted molar refractivity (Wildman–Crippen MR) is 56.2 cm³/mol. The lowest BCUT2D eigenvalue weighted by Gasteiger charge is -2.06. The average Bonchev–Trinajstić information content (AvgIpc) is 2.66. The summed E-state index contributed by atoms with van der Waals surface area (Å²) in [5, 5.41) is 17.9. The monoisotopic (exact) mass is 240 g/mol. The number of carbonyl (C=O) groups is 1. The van der Waals surface area contributed by atoms with E-state index >= 15 is 0 Å². The van der Waals surface area contributed by atoms with E-state index < -0.39 is 18.9 Å². The van der Waals surface area contributed by atoms with Gasteiger partial charge >= 0.3 is 13.1 Å². The molecule has 0 atom stereocenters. The van der Waals surface area contributed by atoms with Crippen molar-refractivity contribution >= 4 is 18.6 Å². The molecule has 0 amide bonds. The molecule has 0 saturated heterocycles. The maximum absolute atomic E-state index is 13.5. The number of esters is 1. The Balaban J connectivity index is 2.29. The van der Waals surface area contributed by atoms with Crippen LogP contribution in [-0.2, 0) is 16.0 Å². The first kappa shape index (κ1) is 12.0. The molecule has 7 heteroatoms. The van der Waals surface area contributed by atoms with Crippen molar-refractivity contribution < 1.29 is 28.7 Å². The molecular weight excluding hydrogens is 230 g/mol. The van der Waals surface area contributed by atoms with Crippen molar-refractivity contribution in [2.75, 3.05) is 13.2 Å². The van der Waals surface area contributed by atoms with Crippen LogP contribution in [0.15, 0.2) is 12.1 Å². The zero-order valence-corrected chi connectivity index (χ0v) is 8.85.